The topological polar surface area (TPSA) is 94.8 Å². The molecule has 0 aliphatic carbocycles. The van der Waals surface area contributed by atoms with Gasteiger partial charge in [-0.15, -0.1) is 0 Å². The molecule has 7 nitrogen and oxygen atoms in total. The van der Waals surface area contributed by atoms with Crippen LogP contribution in [0.2, 0.25) is 0 Å². The lowest BCUT2D eigenvalue weighted by atomic mass is 9.86. The normalized spacial score (nSPS) is 20.1. The number of esters is 1. The average Bonchev–Trinajstić information content (AvgIpc) is 3.15. The number of hydrogen-bond acceptors (Lipinski definition) is 6. The Morgan fingerprint density at radius 2 is 2.07 bits per heavy atom. The van der Waals surface area contributed by atoms with Crippen LogP contribution in [0.5, 0.6) is 5.88 Å². The maximum atomic E-state index is 13.0. The number of nitrogens with two attached hydrogens (primary N) is 1. The smallest absolute Gasteiger partial charge is 0.328 e. The molecule has 1 amide bonds. The van der Waals surface area contributed by atoms with Crippen LogP contribution in [0, 0.1) is 5.41 Å². The second-order valence-corrected chi connectivity index (χ2v) is 8.65. The third-order valence-corrected chi connectivity index (χ3v) is 5.49. The number of benzene rings is 1. The Morgan fingerprint density at radius 3 is 2.70 bits per heavy atom. The van der Waals surface area contributed by atoms with Gasteiger partial charge in [-0.3, -0.25) is 4.79 Å². The fraction of sp³-hybridized carbons (Fsp3) is 0.435. The van der Waals surface area contributed by atoms with Gasteiger partial charge in [-0.2, -0.15) is 0 Å². The standard InChI is InChI=1S/C23H29N3O4/c1-6-14-7-8-15-9-10-25-20(17(15)11-14)30-16-12-18(22(28)29-5)26(13-16)21(27)19(24)23(2,3)4/h6-11,16,18-19H,1,12-13,24H2,2-5H3/t16-,18+,19-/m1/s1. The number of methoxy groups -OCH3 is 1. The number of ether oxygens (including phenoxy) is 2. The van der Waals surface area contributed by atoms with Gasteiger partial charge < -0.3 is 20.1 Å². The van der Waals surface area contributed by atoms with Crippen LogP contribution >= 0.6 is 0 Å². The Morgan fingerprint density at radius 1 is 1.33 bits per heavy atom. The molecule has 0 radical (unpaired) electrons. The van der Waals surface area contributed by atoms with E-state index in [4.69, 9.17) is 15.2 Å². The Hall–Kier alpha value is -2.93. The summed E-state index contributed by atoms with van der Waals surface area (Å²) in [5.41, 5.74) is 6.69. The summed E-state index contributed by atoms with van der Waals surface area (Å²) in [6, 6.07) is 6.32. The lowest BCUT2D eigenvalue weighted by molar-refractivity contribution is -0.152. The van der Waals surface area contributed by atoms with E-state index in [0.717, 1.165) is 16.3 Å². The Kier molecular flexibility index (Phi) is 6.12. The van der Waals surface area contributed by atoms with Crippen molar-refractivity contribution in [2.24, 2.45) is 11.1 Å². The Balaban J connectivity index is 1.88. The van der Waals surface area contributed by atoms with E-state index in [-0.39, 0.29) is 12.5 Å². The van der Waals surface area contributed by atoms with E-state index in [1.165, 1.54) is 12.0 Å². The van der Waals surface area contributed by atoms with Gasteiger partial charge in [0.1, 0.15) is 12.1 Å². The van der Waals surface area contributed by atoms with Crippen molar-refractivity contribution in [3.8, 4) is 5.88 Å². The molecule has 0 spiro atoms. The first-order valence-corrected chi connectivity index (χ1v) is 9.97. The minimum absolute atomic E-state index is 0.238. The lowest BCUT2D eigenvalue weighted by Gasteiger charge is -2.32. The molecule has 2 aromatic rings. The molecular weight excluding hydrogens is 382 g/mol. The molecule has 1 aliphatic rings. The van der Waals surface area contributed by atoms with E-state index < -0.39 is 29.6 Å². The van der Waals surface area contributed by atoms with Gasteiger partial charge in [0.15, 0.2) is 0 Å². The first kappa shape index (κ1) is 21.8. The van der Waals surface area contributed by atoms with Crippen molar-refractivity contribution >= 4 is 28.7 Å². The molecule has 0 saturated carbocycles. The van der Waals surface area contributed by atoms with Crippen LogP contribution in [0.15, 0.2) is 37.0 Å². The predicted octanol–water partition coefficient (Wildman–Crippen LogP) is 2.77. The van der Waals surface area contributed by atoms with Gasteiger partial charge in [-0.25, -0.2) is 9.78 Å². The van der Waals surface area contributed by atoms with Crippen LogP contribution in [-0.2, 0) is 14.3 Å². The van der Waals surface area contributed by atoms with Crippen molar-refractivity contribution in [1.29, 1.82) is 0 Å². The Bertz CT molecular complexity index is 967. The lowest BCUT2D eigenvalue weighted by Crippen LogP contribution is -2.53. The maximum absolute atomic E-state index is 13.0. The van der Waals surface area contributed by atoms with Gasteiger partial charge in [0, 0.05) is 18.0 Å². The highest BCUT2D eigenvalue weighted by atomic mass is 16.5. The molecule has 1 aromatic heterocycles. The van der Waals surface area contributed by atoms with Crippen molar-refractivity contribution in [3.05, 3.63) is 42.6 Å². The minimum atomic E-state index is -0.741. The number of carbonyl (C=O) groups is 2. The van der Waals surface area contributed by atoms with Crippen molar-refractivity contribution in [2.75, 3.05) is 13.7 Å². The Labute approximate surface area is 176 Å². The number of rotatable bonds is 5. The van der Waals surface area contributed by atoms with Gasteiger partial charge in [-0.05, 0) is 28.5 Å². The van der Waals surface area contributed by atoms with Crippen LogP contribution in [0.25, 0.3) is 16.8 Å². The molecule has 0 unspecified atom stereocenters. The molecule has 3 rings (SSSR count). The van der Waals surface area contributed by atoms with Crippen molar-refractivity contribution in [2.45, 2.75) is 45.4 Å². The van der Waals surface area contributed by atoms with Crippen LogP contribution in [0.4, 0.5) is 0 Å². The molecule has 1 aliphatic heterocycles. The monoisotopic (exact) mass is 411 g/mol. The fourth-order valence-electron chi connectivity index (χ4n) is 3.57. The molecule has 1 saturated heterocycles. The molecule has 160 valence electrons. The van der Waals surface area contributed by atoms with E-state index >= 15 is 0 Å². The third kappa shape index (κ3) is 4.31. The van der Waals surface area contributed by atoms with Crippen LogP contribution in [-0.4, -0.2) is 53.6 Å². The van der Waals surface area contributed by atoms with E-state index in [0.29, 0.717) is 12.3 Å². The van der Waals surface area contributed by atoms with Gasteiger partial charge in [0.25, 0.3) is 0 Å². The van der Waals surface area contributed by atoms with Crippen molar-refractivity contribution < 1.29 is 19.1 Å². The molecule has 2 heterocycles. The van der Waals surface area contributed by atoms with E-state index in [1.807, 2.05) is 45.0 Å². The number of fused-ring (bicyclic) bond motifs is 1. The maximum Gasteiger partial charge on any atom is 0.328 e. The van der Waals surface area contributed by atoms with Crippen LogP contribution in [0.3, 0.4) is 0 Å². The second kappa shape index (κ2) is 8.44. The zero-order valence-corrected chi connectivity index (χ0v) is 17.9. The SMILES string of the molecule is C=Cc1ccc2ccnc(O[C@@H]3C[C@@H](C(=O)OC)N(C(=O)[C@@H](N)C(C)(C)C)C3)c2c1. The van der Waals surface area contributed by atoms with E-state index in [1.54, 1.807) is 12.3 Å². The molecule has 2 N–H and O–H groups in total. The summed E-state index contributed by atoms with van der Waals surface area (Å²) < 4.78 is 11.1. The van der Waals surface area contributed by atoms with Gasteiger partial charge in [0.05, 0.1) is 19.7 Å². The van der Waals surface area contributed by atoms with Crippen molar-refractivity contribution in [3.63, 3.8) is 0 Å². The molecule has 1 fully saturated rings. The number of amides is 1. The molecule has 0 bridgehead atoms. The van der Waals surface area contributed by atoms with Crippen LogP contribution in [0.1, 0.15) is 32.8 Å². The quantitative estimate of drug-likeness (QED) is 0.761. The number of likely N-dealkylation sites (tertiary alicyclic amines) is 1. The first-order valence-electron chi connectivity index (χ1n) is 9.97. The summed E-state index contributed by atoms with van der Waals surface area (Å²) in [5.74, 6) is -0.307. The summed E-state index contributed by atoms with van der Waals surface area (Å²) in [5, 5.41) is 1.83. The molecule has 3 atom stereocenters. The van der Waals surface area contributed by atoms with Gasteiger partial charge >= 0.3 is 5.97 Å². The first-order chi connectivity index (χ1) is 14.2. The molecule has 1 aromatic carbocycles. The number of aromatic nitrogens is 1. The predicted molar refractivity (Wildman–Crippen MR) is 116 cm³/mol. The molecule has 30 heavy (non-hydrogen) atoms. The highest BCUT2D eigenvalue weighted by Gasteiger charge is 2.44. The highest BCUT2D eigenvalue weighted by Crippen LogP contribution is 2.30. The van der Waals surface area contributed by atoms with Crippen LogP contribution < -0.4 is 10.5 Å². The summed E-state index contributed by atoms with van der Waals surface area (Å²) in [6.45, 7) is 9.72. The van der Waals surface area contributed by atoms with Gasteiger partial charge in [0.2, 0.25) is 11.8 Å². The largest absolute Gasteiger partial charge is 0.472 e. The zero-order valence-electron chi connectivity index (χ0n) is 17.9. The number of hydrogen-bond donors (Lipinski definition) is 1. The average molecular weight is 412 g/mol. The summed E-state index contributed by atoms with van der Waals surface area (Å²) >= 11 is 0. The van der Waals surface area contributed by atoms with Crippen molar-refractivity contribution in [1.82, 2.24) is 9.88 Å². The fourth-order valence-corrected chi connectivity index (χ4v) is 3.57. The number of pyridine rings is 1. The summed E-state index contributed by atoms with van der Waals surface area (Å²) in [4.78, 5) is 31.2. The zero-order chi connectivity index (χ0) is 22.1. The van der Waals surface area contributed by atoms with Gasteiger partial charge in [-0.1, -0.05) is 45.6 Å². The molecule has 7 heteroatoms. The second-order valence-electron chi connectivity index (χ2n) is 8.65. The van der Waals surface area contributed by atoms with E-state index in [9.17, 15) is 9.59 Å². The summed E-state index contributed by atoms with van der Waals surface area (Å²) in [7, 11) is 1.31. The third-order valence-electron chi connectivity index (χ3n) is 5.49. The summed E-state index contributed by atoms with van der Waals surface area (Å²) in [6.07, 6.45) is 3.34. The number of carbonyl (C=O) groups excluding carboxylic acids is 2. The number of nitrogens with zero attached hydrogens (tertiary/aromatic N) is 2. The minimum Gasteiger partial charge on any atom is -0.472 e. The highest BCUT2D eigenvalue weighted by molar-refractivity contribution is 5.89. The van der Waals surface area contributed by atoms with E-state index in [2.05, 4.69) is 11.6 Å². The molecular formula is C23H29N3O4.